The number of rotatable bonds is 3. The Hall–Kier alpha value is -2.16. The van der Waals surface area contributed by atoms with Gasteiger partial charge in [0.15, 0.2) is 0 Å². The summed E-state index contributed by atoms with van der Waals surface area (Å²) in [6.07, 6.45) is -4.81. The molecule has 0 radical (unpaired) electrons. The van der Waals surface area contributed by atoms with Gasteiger partial charge in [-0.2, -0.15) is 13.2 Å². The monoisotopic (exact) mass is 374 g/mol. The molecule has 1 fully saturated rings. The van der Waals surface area contributed by atoms with Gasteiger partial charge in [-0.05, 0) is 39.8 Å². The van der Waals surface area contributed by atoms with Crippen molar-refractivity contribution in [1.29, 1.82) is 0 Å². The minimum atomic E-state index is -4.62. The van der Waals surface area contributed by atoms with E-state index in [1.165, 1.54) is 6.92 Å². The van der Waals surface area contributed by atoms with E-state index < -0.39 is 47.8 Å². The summed E-state index contributed by atoms with van der Waals surface area (Å²) in [5.74, 6) is -2.45. The van der Waals surface area contributed by atoms with Gasteiger partial charge in [0, 0.05) is 24.6 Å². The maximum Gasteiger partial charge on any atom is 0.416 e. The number of esters is 1. The van der Waals surface area contributed by atoms with Gasteiger partial charge in [0.2, 0.25) is 5.91 Å². The van der Waals surface area contributed by atoms with E-state index in [0.717, 1.165) is 17.0 Å². The van der Waals surface area contributed by atoms with Crippen molar-refractivity contribution in [2.45, 2.75) is 51.9 Å². The van der Waals surface area contributed by atoms with Crippen molar-refractivity contribution < 1.29 is 32.6 Å². The van der Waals surface area contributed by atoms with Crippen LogP contribution in [0, 0.1) is 12.8 Å². The van der Waals surface area contributed by atoms with Crippen LogP contribution in [0.3, 0.4) is 0 Å². The number of nitrogens with zero attached hydrogens (tertiary/aromatic N) is 2. The summed E-state index contributed by atoms with van der Waals surface area (Å²) in [6.45, 7) is 5.78. The maximum atomic E-state index is 13.1. The molecule has 0 aliphatic carbocycles. The number of aromatic nitrogens is 1. The lowest BCUT2D eigenvalue weighted by molar-refractivity contribution is -0.158. The van der Waals surface area contributed by atoms with Crippen LogP contribution in [0.5, 0.6) is 0 Å². The van der Waals surface area contributed by atoms with Crippen molar-refractivity contribution in [2.24, 2.45) is 5.92 Å². The molecule has 1 aliphatic heterocycles. The van der Waals surface area contributed by atoms with Crippen LogP contribution in [-0.2, 0) is 20.5 Å². The van der Waals surface area contributed by atoms with Crippen molar-refractivity contribution in [2.75, 3.05) is 11.5 Å². The SMILES string of the molecule is Cc1cc(C(F)(F)F)cc(N2C(=O)C[C@H](CO)[C@H]2C(=O)OC(C)(C)C)n1. The van der Waals surface area contributed by atoms with Gasteiger partial charge in [-0.1, -0.05) is 0 Å². The van der Waals surface area contributed by atoms with Gasteiger partial charge in [-0.25, -0.2) is 9.78 Å². The first-order valence-corrected chi connectivity index (χ1v) is 8.05. The number of amides is 1. The predicted molar refractivity (Wildman–Crippen MR) is 86.3 cm³/mol. The fourth-order valence-corrected chi connectivity index (χ4v) is 2.83. The van der Waals surface area contributed by atoms with Crippen LogP contribution in [0.4, 0.5) is 19.0 Å². The lowest BCUT2D eigenvalue weighted by Gasteiger charge is -2.29. The largest absolute Gasteiger partial charge is 0.458 e. The van der Waals surface area contributed by atoms with Crippen LogP contribution >= 0.6 is 0 Å². The highest BCUT2D eigenvalue weighted by Crippen LogP contribution is 2.36. The topological polar surface area (TPSA) is 79.7 Å². The quantitative estimate of drug-likeness (QED) is 0.823. The molecule has 2 atom stereocenters. The molecule has 6 nitrogen and oxygen atoms in total. The lowest BCUT2D eigenvalue weighted by Crippen LogP contribution is -2.46. The zero-order valence-electron chi connectivity index (χ0n) is 14.9. The van der Waals surface area contributed by atoms with Crippen LogP contribution in [0.1, 0.15) is 38.4 Å². The molecule has 1 aromatic heterocycles. The van der Waals surface area contributed by atoms with E-state index >= 15 is 0 Å². The lowest BCUT2D eigenvalue weighted by atomic mass is 10.0. The second-order valence-electron chi connectivity index (χ2n) is 7.24. The molecule has 1 N–H and O–H groups in total. The predicted octanol–water partition coefficient (Wildman–Crippen LogP) is 2.46. The Morgan fingerprint density at radius 3 is 2.46 bits per heavy atom. The highest BCUT2D eigenvalue weighted by molar-refractivity contribution is 6.02. The number of aliphatic hydroxyl groups excluding tert-OH is 1. The number of aliphatic hydroxyl groups is 1. The summed E-state index contributed by atoms with van der Waals surface area (Å²) < 4.78 is 44.6. The van der Waals surface area contributed by atoms with Gasteiger partial charge in [0.1, 0.15) is 17.5 Å². The molecule has 9 heteroatoms. The first-order chi connectivity index (χ1) is 11.8. The fourth-order valence-electron chi connectivity index (χ4n) is 2.83. The zero-order valence-corrected chi connectivity index (χ0v) is 14.9. The summed E-state index contributed by atoms with van der Waals surface area (Å²) in [5.41, 5.74) is -1.77. The number of pyridine rings is 1. The highest BCUT2D eigenvalue weighted by atomic mass is 19.4. The minimum absolute atomic E-state index is 0.0537. The second-order valence-corrected chi connectivity index (χ2v) is 7.24. The second kappa shape index (κ2) is 6.86. The summed E-state index contributed by atoms with van der Waals surface area (Å²) in [4.78, 5) is 29.8. The third-order valence-electron chi connectivity index (χ3n) is 3.83. The van der Waals surface area contributed by atoms with Crippen molar-refractivity contribution in [3.05, 3.63) is 23.4 Å². The number of aryl methyl sites for hydroxylation is 1. The number of hydrogen-bond donors (Lipinski definition) is 1. The van der Waals surface area contributed by atoms with Crippen LogP contribution < -0.4 is 4.90 Å². The Balaban J connectivity index is 2.49. The molecule has 2 heterocycles. The Morgan fingerprint density at radius 2 is 1.96 bits per heavy atom. The van der Waals surface area contributed by atoms with E-state index in [9.17, 15) is 27.9 Å². The molecular weight excluding hydrogens is 353 g/mol. The van der Waals surface area contributed by atoms with Gasteiger partial charge < -0.3 is 9.84 Å². The molecule has 1 aromatic rings. The van der Waals surface area contributed by atoms with Crippen LogP contribution in [0.2, 0.25) is 0 Å². The Morgan fingerprint density at radius 1 is 1.35 bits per heavy atom. The molecule has 0 aromatic carbocycles. The number of carbonyl (C=O) groups is 2. The van der Waals surface area contributed by atoms with E-state index in [-0.39, 0.29) is 17.9 Å². The summed E-state index contributed by atoms with van der Waals surface area (Å²) >= 11 is 0. The summed E-state index contributed by atoms with van der Waals surface area (Å²) in [6, 6.07) is 0.347. The van der Waals surface area contributed by atoms with Crippen molar-refractivity contribution >= 4 is 17.7 Å². The van der Waals surface area contributed by atoms with Gasteiger partial charge >= 0.3 is 12.1 Å². The van der Waals surface area contributed by atoms with E-state index in [0.29, 0.717) is 0 Å². The maximum absolute atomic E-state index is 13.1. The summed E-state index contributed by atoms with van der Waals surface area (Å²) in [5, 5.41) is 9.52. The first kappa shape index (κ1) is 20.2. The molecule has 0 spiro atoms. The molecule has 26 heavy (non-hydrogen) atoms. The van der Waals surface area contributed by atoms with Gasteiger partial charge in [-0.15, -0.1) is 0 Å². The molecule has 1 amide bonds. The number of ether oxygens (including phenoxy) is 1. The van der Waals surface area contributed by atoms with E-state index in [1.54, 1.807) is 20.8 Å². The molecule has 2 rings (SSSR count). The number of halogens is 3. The smallest absolute Gasteiger partial charge is 0.416 e. The Bertz CT molecular complexity index is 713. The van der Waals surface area contributed by atoms with Crippen molar-refractivity contribution in [3.8, 4) is 0 Å². The van der Waals surface area contributed by atoms with Gasteiger partial charge in [0.05, 0.1) is 5.56 Å². The molecule has 1 saturated heterocycles. The Kier molecular flexibility index (Phi) is 5.32. The number of alkyl halides is 3. The van der Waals surface area contributed by atoms with Crippen LogP contribution in [-0.4, -0.2) is 40.2 Å². The molecular formula is C17H21F3N2O4. The van der Waals surface area contributed by atoms with E-state index in [2.05, 4.69) is 4.98 Å². The molecule has 0 unspecified atom stereocenters. The zero-order chi connectivity index (χ0) is 19.9. The van der Waals surface area contributed by atoms with Gasteiger partial charge in [0.25, 0.3) is 0 Å². The summed E-state index contributed by atoms with van der Waals surface area (Å²) in [7, 11) is 0. The molecule has 1 aliphatic rings. The van der Waals surface area contributed by atoms with Crippen molar-refractivity contribution in [3.63, 3.8) is 0 Å². The third kappa shape index (κ3) is 4.32. The number of anilines is 1. The third-order valence-corrected chi connectivity index (χ3v) is 3.83. The van der Waals surface area contributed by atoms with Crippen LogP contribution in [0.15, 0.2) is 12.1 Å². The first-order valence-electron chi connectivity index (χ1n) is 8.05. The normalized spacial score (nSPS) is 21.2. The average molecular weight is 374 g/mol. The van der Waals surface area contributed by atoms with Crippen LogP contribution in [0.25, 0.3) is 0 Å². The van der Waals surface area contributed by atoms with Gasteiger partial charge in [-0.3, -0.25) is 9.69 Å². The molecule has 144 valence electrons. The minimum Gasteiger partial charge on any atom is -0.458 e. The number of hydrogen-bond acceptors (Lipinski definition) is 5. The highest BCUT2D eigenvalue weighted by Gasteiger charge is 2.47. The number of carbonyl (C=O) groups excluding carboxylic acids is 2. The molecule has 0 saturated carbocycles. The van der Waals surface area contributed by atoms with Crippen molar-refractivity contribution in [1.82, 2.24) is 4.98 Å². The van der Waals surface area contributed by atoms with E-state index in [1.807, 2.05) is 0 Å². The van der Waals surface area contributed by atoms with E-state index in [4.69, 9.17) is 4.74 Å². The molecule has 0 bridgehead atoms. The average Bonchev–Trinajstić information content (AvgIpc) is 2.80. The standard InChI is InChI=1S/C17H21F3N2O4/c1-9-5-11(17(18,19)20)7-12(21-9)22-13(24)6-10(8-23)14(22)15(25)26-16(2,3)4/h5,7,10,14,23H,6,8H2,1-4H3/t10-,14+/m1/s1. The fraction of sp³-hybridized carbons (Fsp3) is 0.588. The Labute approximate surface area is 149 Å².